The van der Waals surface area contributed by atoms with E-state index in [-0.39, 0.29) is 0 Å². The zero-order valence-electron chi connectivity index (χ0n) is 14.2. The maximum absolute atomic E-state index is 4.55. The predicted molar refractivity (Wildman–Crippen MR) is 94.3 cm³/mol. The molecular weight excluding hydrogens is 286 g/mol. The van der Waals surface area contributed by atoms with E-state index in [1.807, 2.05) is 10.9 Å². The van der Waals surface area contributed by atoms with Gasteiger partial charge in [-0.15, -0.1) is 0 Å². The third-order valence-electron chi connectivity index (χ3n) is 4.29. The normalized spacial score (nSPS) is 11.1. The molecule has 0 spiro atoms. The Morgan fingerprint density at radius 1 is 1.13 bits per heavy atom. The number of fused-ring (bicyclic) bond motifs is 1. The van der Waals surface area contributed by atoms with E-state index in [0.29, 0.717) is 0 Å². The predicted octanol–water partition coefficient (Wildman–Crippen LogP) is 3.67. The summed E-state index contributed by atoms with van der Waals surface area (Å²) in [6, 6.07) is 6.34. The molecule has 0 N–H and O–H groups in total. The highest BCUT2D eigenvalue weighted by Crippen LogP contribution is 2.24. The van der Waals surface area contributed by atoms with Crippen LogP contribution in [-0.4, -0.2) is 33.3 Å². The molecule has 0 fully saturated rings. The monoisotopic (exact) mass is 309 g/mol. The number of hydrogen-bond donors (Lipinski definition) is 0. The zero-order chi connectivity index (χ0) is 16.4. The van der Waals surface area contributed by atoms with E-state index in [0.717, 1.165) is 35.5 Å². The second-order valence-electron chi connectivity index (χ2n) is 6.03. The molecule has 3 rings (SSSR count). The highest BCUT2D eigenvalue weighted by molar-refractivity contribution is 5.87. The molecule has 3 aromatic rings. The first-order valence-electron chi connectivity index (χ1n) is 8.09. The summed E-state index contributed by atoms with van der Waals surface area (Å²) >= 11 is 0. The van der Waals surface area contributed by atoms with E-state index < -0.39 is 0 Å². The molecular formula is C18H23N5. The van der Waals surface area contributed by atoms with E-state index in [1.54, 1.807) is 6.33 Å². The third kappa shape index (κ3) is 2.91. The van der Waals surface area contributed by atoms with Crippen molar-refractivity contribution in [3.05, 3.63) is 41.9 Å². The highest BCUT2D eigenvalue weighted by Gasteiger charge is 2.14. The Hall–Kier alpha value is -2.43. The van der Waals surface area contributed by atoms with Gasteiger partial charge < -0.3 is 4.90 Å². The van der Waals surface area contributed by atoms with Crippen molar-refractivity contribution in [1.29, 1.82) is 0 Å². The molecule has 1 aromatic carbocycles. The molecule has 0 aliphatic heterocycles. The van der Waals surface area contributed by atoms with E-state index in [1.165, 1.54) is 17.5 Å². The largest absolute Gasteiger partial charge is 0.359 e. The summed E-state index contributed by atoms with van der Waals surface area (Å²) < 4.78 is 1.89. The summed E-state index contributed by atoms with van der Waals surface area (Å²) in [5, 5.41) is 5.54. The molecule has 0 saturated carbocycles. The first-order valence-corrected chi connectivity index (χ1v) is 8.09. The average molecular weight is 309 g/mol. The van der Waals surface area contributed by atoms with Crippen molar-refractivity contribution in [2.24, 2.45) is 0 Å². The van der Waals surface area contributed by atoms with Crippen LogP contribution >= 0.6 is 0 Å². The van der Waals surface area contributed by atoms with Crippen LogP contribution in [0.15, 0.2) is 30.7 Å². The Labute approximate surface area is 137 Å². The lowest BCUT2D eigenvalue weighted by molar-refractivity contribution is 0.761. The van der Waals surface area contributed by atoms with Crippen LogP contribution < -0.4 is 4.90 Å². The minimum absolute atomic E-state index is 0.849. The van der Waals surface area contributed by atoms with Crippen molar-refractivity contribution in [3.8, 4) is 5.69 Å². The van der Waals surface area contributed by atoms with E-state index in [4.69, 9.17) is 0 Å². The van der Waals surface area contributed by atoms with Gasteiger partial charge in [-0.1, -0.05) is 19.4 Å². The molecule has 2 heterocycles. The molecule has 0 aliphatic rings. The van der Waals surface area contributed by atoms with Crippen LogP contribution in [0.25, 0.3) is 16.7 Å². The van der Waals surface area contributed by atoms with Gasteiger partial charge in [0.2, 0.25) is 0 Å². The van der Waals surface area contributed by atoms with Crippen LogP contribution in [0.3, 0.4) is 0 Å². The van der Waals surface area contributed by atoms with Crippen LogP contribution in [0, 0.1) is 13.8 Å². The Bertz CT molecular complexity index is 821. The Morgan fingerprint density at radius 3 is 2.70 bits per heavy atom. The molecule has 0 unspecified atom stereocenters. The van der Waals surface area contributed by atoms with Crippen molar-refractivity contribution in [1.82, 2.24) is 19.7 Å². The molecule has 0 atom stereocenters. The molecule has 5 heteroatoms. The number of hydrogen-bond acceptors (Lipinski definition) is 4. The van der Waals surface area contributed by atoms with Gasteiger partial charge in [-0.05, 0) is 43.5 Å². The number of aromatic nitrogens is 4. The molecule has 2 aromatic heterocycles. The second kappa shape index (κ2) is 6.36. The van der Waals surface area contributed by atoms with Gasteiger partial charge in [-0.3, -0.25) is 0 Å². The van der Waals surface area contributed by atoms with Gasteiger partial charge in [-0.25, -0.2) is 14.6 Å². The van der Waals surface area contributed by atoms with Crippen molar-refractivity contribution in [2.45, 2.75) is 33.6 Å². The molecule has 0 aliphatic carbocycles. The van der Waals surface area contributed by atoms with Gasteiger partial charge in [0.05, 0.1) is 17.3 Å². The Kier molecular flexibility index (Phi) is 4.28. The number of benzene rings is 1. The summed E-state index contributed by atoms with van der Waals surface area (Å²) in [7, 11) is 2.07. The molecule has 0 amide bonds. The Morgan fingerprint density at radius 2 is 1.96 bits per heavy atom. The summed E-state index contributed by atoms with van der Waals surface area (Å²) in [5.74, 6) is 0.943. The standard InChI is InChI=1S/C18H23N5/c1-5-6-9-22(4)17-16-11-21-23(18(16)20-12-19-17)15-8-7-13(2)14(3)10-15/h7-8,10-12H,5-6,9H2,1-4H3. The van der Waals surface area contributed by atoms with Gasteiger partial charge in [-0.2, -0.15) is 5.10 Å². The second-order valence-corrected chi connectivity index (χ2v) is 6.03. The van der Waals surface area contributed by atoms with Crippen LogP contribution in [0.4, 0.5) is 5.82 Å². The van der Waals surface area contributed by atoms with Gasteiger partial charge in [0.15, 0.2) is 5.65 Å². The van der Waals surface area contributed by atoms with Crippen molar-refractivity contribution >= 4 is 16.9 Å². The number of rotatable bonds is 5. The van der Waals surface area contributed by atoms with E-state index >= 15 is 0 Å². The van der Waals surface area contributed by atoms with Crippen molar-refractivity contribution in [3.63, 3.8) is 0 Å². The fourth-order valence-corrected chi connectivity index (χ4v) is 2.68. The van der Waals surface area contributed by atoms with Gasteiger partial charge in [0.1, 0.15) is 12.1 Å². The fraction of sp³-hybridized carbons (Fsp3) is 0.389. The molecule has 5 nitrogen and oxygen atoms in total. The topological polar surface area (TPSA) is 46.8 Å². The zero-order valence-corrected chi connectivity index (χ0v) is 14.2. The van der Waals surface area contributed by atoms with Crippen LogP contribution in [0.5, 0.6) is 0 Å². The highest BCUT2D eigenvalue weighted by atomic mass is 15.3. The molecule has 120 valence electrons. The van der Waals surface area contributed by atoms with Gasteiger partial charge >= 0.3 is 0 Å². The van der Waals surface area contributed by atoms with Gasteiger partial charge in [0.25, 0.3) is 0 Å². The SMILES string of the molecule is CCCCN(C)c1ncnc2c1cnn2-c1ccc(C)c(C)c1. The van der Waals surface area contributed by atoms with E-state index in [9.17, 15) is 0 Å². The number of nitrogens with zero attached hydrogens (tertiary/aromatic N) is 5. The summed E-state index contributed by atoms with van der Waals surface area (Å²) in [6.45, 7) is 7.41. The Balaban J connectivity index is 2.06. The third-order valence-corrected chi connectivity index (χ3v) is 4.29. The lowest BCUT2D eigenvalue weighted by Crippen LogP contribution is -2.19. The molecule has 0 radical (unpaired) electrons. The maximum Gasteiger partial charge on any atom is 0.168 e. The quantitative estimate of drug-likeness (QED) is 0.721. The minimum atomic E-state index is 0.849. The molecule has 23 heavy (non-hydrogen) atoms. The molecule has 0 bridgehead atoms. The van der Waals surface area contributed by atoms with Crippen LogP contribution in [0.2, 0.25) is 0 Å². The smallest absolute Gasteiger partial charge is 0.168 e. The van der Waals surface area contributed by atoms with E-state index in [2.05, 4.69) is 66.0 Å². The van der Waals surface area contributed by atoms with Crippen molar-refractivity contribution in [2.75, 3.05) is 18.5 Å². The average Bonchev–Trinajstić information content (AvgIpc) is 2.99. The lowest BCUT2D eigenvalue weighted by atomic mass is 10.1. The fourth-order valence-electron chi connectivity index (χ4n) is 2.68. The lowest BCUT2D eigenvalue weighted by Gasteiger charge is -2.18. The first-order chi connectivity index (χ1) is 11.1. The summed E-state index contributed by atoms with van der Waals surface area (Å²) in [4.78, 5) is 11.1. The summed E-state index contributed by atoms with van der Waals surface area (Å²) in [6.07, 6.45) is 5.80. The van der Waals surface area contributed by atoms with Crippen LogP contribution in [-0.2, 0) is 0 Å². The molecule has 0 saturated heterocycles. The van der Waals surface area contributed by atoms with Crippen molar-refractivity contribution < 1.29 is 0 Å². The first kappa shape index (κ1) is 15.5. The number of unbranched alkanes of at least 4 members (excludes halogenated alkanes) is 1. The van der Waals surface area contributed by atoms with Gasteiger partial charge in [0, 0.05) is 13.6 Å². The number of anilines is 1. The number of aryl methyl sites for hydroxylation is 2. The van der Waals surface area contributed by atoms with Crippen LogP contribution in [0.1, 0.15) is 30.9 Å². The maximum atomic E-state index is 4.55. The minimum Gasteiger partial charge on any atom is -0.359 e. The summed E-state index contributed by atoms with van der Waals surface area (Å²) in [5.41, 5.74) is 4.41.